The Labute approximate surface area is 144 Å². The largest absolute Gasteiger partial charge is 0.466 e. The van der Waals surface area contributed by atoms with Crippen LogP contribution in [0, 0.1) is 10.7 Å². The first kappa shape index (κ1) is 16.4. The normalized spacial score (nSPS) is 18.9. The maximum Gasteiger partial charge on any atom is 0.310 e. The lowest BCUT2D eigenvalue weighted by atomic mass is 9.99. The molecule has 0 aromatic carbocycles. The minimum atomic E-state index is -0.0929. The highest BCUT2D eigenvalue weighted by atomic mass is 32.1. The standard InChI is InChI=1S/C15H20N4O2S2/c1-2-21-14(20)11-5-3-7-18(9-11)10-19-15(22)16-13(17-19)12-6-4-8-23-12/h4,6,8,11H,2-3,5,7,9-10H2,1H3,(H,16,17,22)/t11-/m1/s1. The molecule has 0 unspecified atom stereocenters. The molecule has 1 fully saturated rings. The van der Waals surface area contributed by atoms with Crippen molar-refractivity contribution in [3.8, 4) is 10.7 Å². The lowest BCUT2D eigenvalue weighted by Crippen LogP contribution is -2.40. The summed E-state index contributed by atoms with van der Waals surface area (Å²) in [6.45, 7) is 4.55. The van der Waals surface area contributed by atoms with E-state index >= 15 is 0 Å². The highest BCUT2D eigenvalue weighted by Crippen LogP contribution is 2.22. The summed E-state index contributed by atoms with van der Waals surface area (Å²) in [7, 11) is 0. The Kier molecular flexibility index (Phi) is 5.24. The summed E-state index contributed by atoms with van der Waals surface area (Å²) in [4.78, 5) is 19.6. The summed E-state index contributed by atoms with van der Waals surface area (Å²) in [5, 5.41) is 5.27. The third-order valence-electron chi connectivity index (χ3n) is 3.90. The van der Waals surface area contributed by atoms with Crippen molar-refractivity contribution in [2.24, 2.45) is 5.92 Å². The fourth-order valence-electron chi connectivity index (χ4n) is 2.81. The fourth-order valence-corrected chi connectivity index (χ4v) is 3.67. The molecule has 1 atom stereocenters. The predicted octanol–water partition coefficient (Wildman–Crippen LogP) is 2.90. The van der Waals surface area contributed by atoms with Crippen LogP contribution in [0.2, 0.25) is 0 Å². The fraction of sp³-hybridized carbons (Fsp3) is 0.533. The topological polar surface area (TPSA) is 63.1 Å². The number of rotatable bonds is 5. The molecule has 124 valence electrons. The van der Waals surface area contributed by atoms with Gasteiger partial charge in [-0.15, -0.1) is 11.3 Å². The second-order valence-corrected chi connectivity index (χ2v) is 6.88. The van der Waals surface area contributed by atoms with Crippen LogP contribution in [0.3, 0.4) is 0 Å². The second kappa shape index (κ2) is 7.37. The quantitative estimate of drug-likeness (QED) is 0.662. The zero-order valence-corrected chi connectivity index (χ0v) is 14.7. The summed E-state index contributed by atoms with van der Waals surface area (Å²) < 4.78 is 7.54. The number of aromatic nitrogens is 3. The number of carbonyl (C=O) groups excluding carboxylic acids is 1. The smallest absolute Gasteiger partial charge is 0.310 e. The number of hydrogen-bond acceptors (Lipinski definition) is 6. The zero-order chi connectivity index (χ0) is 16.2. The summed E-state index contributed by atoms with van der Waals surface area (Å²) in [5.41, 5.74) is 0. The van der Waals surface area contributed by atoms with Crippen LogP contribution in [0.25, 0.3) is 10.7 Å². The Morgan fingerprint density at radius 3 is 3.22 bits per heavy atom. The first-order valence-corrected chi connectivity index (χ1v) is 9.06. The Hall–Kier alpha value is -1.51. The molecule has 1 aliphatic rings. The molecule has 23 heavy (non-hydrogen) atoms. The number of likely N-dealkylation sites (tertiary alicyclic amines) is 1. The lowest BCUT2D eigenvalue weighted by Gasteiger charge is -2.31. The first-order chi connectivity index (χ1) is 11.2. The molecule has 0 aliphatic carbocycles. The average Bonchev–Trinajstić information content (AvgIpc) is 3.18. The minimum Gasteiger partial charge on any atom is -0.466 e. The summed E-state index contributed by atoms with van der Waals surface area (Å²) >= 11 is 6.97. The Balaban J connectivity index is 1.67. The second-order valence-electron chi connectivity index (χ2n) is 5.57. The third-order valence-corrected chi connectivity index (χ3v) is 5.09. The number of nitrogens with zero attached hydrogens (tertiary/aromatic N) is 3. The van der Waals surface area contributed by atoms with Gasteiger partial charge in [0.2, 0.25) is 4.77 Å². The van der Waals surface area contributed by atoms with Crippen LogP contribution in [-0.2, 0) is 16.2 Å². The van der Waals surface area contributed by atoms with Crippen LogP contribution in [0.4, 0.5) is 0 Å². The van der Waals surface area contributed by atoms with Gasteiger partial charge in [-0.05, 0) is 50.0 Å². The molecule has 0 saturated carbocycles. The van der Waals surface area contributed by atoms with Gasteiger partial charge in [-0.2, -0.15) is 4.98 Å². The Bertz CT molecular complexity index is 707. The van der Waals surface area contributed by atoms with Gasteiger partial charge in [0.1, 0.15) is 0 Å². The molecular weight excluding hydrogens is 332 g/mol. The molecule has 0 amide bonds. The van der Waals surface area contributed by atoms with Crippen LogP contribution in [0.1, 0.15) is 19.8 Å². The van der Waals surface area contributed by atoms with Crippen LogP contribution < -0.4 is 0 Å². The van der Waals surface area contributed by atoms with Crippen molar-refractivity contribution in [3.63, 3.8) is 0 Å². The first-order valence-electron chi connectivity index (χ1n) is 7.77. The summed E-state index contributed by atoms with van der Waals surface area (Å²) in [6, 6.07) is 4.00. The number of thiophene rings is 1. The highest BCUT2D eigenvalue weighted by Gasteiger charge is 2.27. The number of carbonyl (C=O) groups is 1. The average molecular weight is 352 g/mol. The number of esters is 1. The number of aromatic amines is 1. The van der Waals surface area contributed by atoms with Gasteiger partial charge >= 0.3 is 5.97 Å². The number of hydrogen-bond donors (Lipinski definition) is 1. The molecule has 6 nitrogen and oxygen atoms in total. The molecule has 3 rings (SSSR count). The van der Waals surface area contributed by atoms with Gasteiger partial charge in [0, 0.05) is 6.54 Å². The van der Waals surface area contributed by atoms with Crippen LogP contribution >= 0.6 is 23.6 Å². The van der Waals surface area contributed by atoms with E-state index in [1.54, 1.807) is 11.3 Å². The van der Waals surface area contributed by atoms with Crippen LogP contribution in [0.15, 0.2) is 17.5 Å². The van der Waals surface area contributed by atoms with Gasteiger partial charge in [-0.1, -0.05) is 6.07 Å². The van der Waals surface area contributed by atoms with Crippen LogP contribution in [-0.4, -0.2) is 45.3 Å². The number of nitrogens with one attached hydrogen (secondary N) is 1. The molecule has 0 radical (unpaired) electrons. The lowest BCUT2D eigenvalue weighted by molar-refractivity contribution is -0.150. The molecule has 1 aliphatic heterocycles. The van der Waals surface area contributed by atoms with E-state index in [9.17, 15) is 4.79 Å². The van der Waals surface area contributed by atoms with E-state index in [1.165, 1.54) is 0 Å². The van der Waals surface area contributed by atoms with Gasteiger partial charge in [0.25, 0.3) is 0 Å². The van der Waals surface area contributed by atoms with Gasteiger partial charge in [-0.3, -0.25) is 14.8 Å². The SMILES string of the molecule is CCOC(=O)[C@@H]1CCCN(Cn2[nH]c(-c3cccs3)nc2=S)C1. The molecule has 3 heterocycles. The summed E-state index contributed by atoms with van der Waals surface area (Å²) in [6.07, 6.45) is 1.88. The molecule has 2 aromatic heterocycles. The van der Waals surface area contributed by atoms with Gasteiger partial charge in [-0.25, -0.2) is 4.68 Å². The minimum absolute atomic E-state index is 0.0439. The van der Waals surface area contributed by atoms with Crippen molar-refractivity contribution in [1.29, 1.82) is 0 Å². The van der Waals surface area contributed by atoms with E-state index < -0.39 is 0 Å². The van der Waals surface area contributed by atoms with Crippen molar-refractivity contribution in [1.82, 2.24) is 19.7 Å². The third kappa shape index (κ3) is 3.88. The molecular formula is C15H20N4O2S2. The van der Waals surface area contributed by atoms with Crippen molar-refractivity contribution < 1.29 is 9.53 Å². The molecule has 2 aromatic rings. The Morgan fingerprint density at radius 2 is 2.48 bits per heavy atom. The summed E-state index contributed by atoms with van der Waals surface area (Å²) in [5.74, 6) is 0.659. The number of H-pyrrole nitrogens is 1. The van der Waals surface area contributed by atoms with E-state index in [2.05, 4.69) is 15.0 Å². The number of piperidine rings is 1. The van der Waals surface area contributed by atoms with Gasteiger partial charge < -0.3 is 4.74 Å². The zero-order valence-electron chi connectivity index (χ0n) is 13.0. The Morgan fingerprint density at radius 1 is 1.61 bits per heavy atom. The molecule has 0 spiro atoms. The number of ether oxygens (including phenoxy) is 1. The van der Waals surface area contributed by atoms with Crippen molar-refractivity contribution in [2.75, 3.05) is 19.7 Å². The predicted molar refractivity (Wildman–Crippen MR) is 91.7 cm³/mol. The van der Waals surface area contributed by atoms with Crippen molar-refractivity contribution in [3.05, 3.63) is 22.3 Å². The van der Waals surface area contributed by atoms with E-state index in [-0.39, 0.29) is 11.9 Å². The van der Waals surface area contributed by atoms with Gasteiger partial charge in [0.15, 0.2) is 5.82 Å². The maximum absolute atomic E-state index is 11.9. The van der Waals surface area contributed by atoms with E-state index in [4.69, 9.17) is 17.0 Å². The molecule has 1 N–H and O–H groups in total. The van der Waals surface area contributed by atoms with E-state index in [0.717, 1.165) is 30.1 Å². The van der Waals surface area contributed by atoms with E-state index in [1.807, 2.05) is 29.1 Å². The molecule has 0 bridgehead atoms. The van der Waals surface area contributed by atoms with Crippen molar-refractivity contribution >= 4 is 29.5 Å². The maximum atomic E-state index is 11.9. The van der Waals surface area contributed by atoms with E-state index in [0.29, 0.717) is 24.6 Å². The van der Waals surface area contributed by atoms with Crippen LogP contribution in [0.5, 0.6) is 0 Å². The van der Waals surface area contributed by atoms with Crippen molar-refractivity contribution in [2.45, 2.75) is 26.4 Å². The highest BCUT2D eigenvalue weighted by molar-refractivity contribution is 7.71. The monoisotopic (exact) mass is 352 g/mol. The molecule has 8 heteroatoms. The molecule has 1 saturated heterocycles. The van der Waals surface area contributed by atoms with Gasteiger partial charge in [0.05, 0.1) is 24.1 Å².